The molecular formula is C11H18N2OS. The summed E-state index contributed by atoms with van der Waals surface area (Å²) in [6, 6.07) is 0. The average molecular weight is 226 g/mol. The molecule has 1 aliphatic carbocycles. The molecule has 1 amide bonds. The van der Waals surface area contributed by atoms with Gasteiger partial charge in [0.15, 0.2) is 0 Å². The molecule has 2 N–H and O–H groups in total. The first kappa shape index (κ1) is 10.9. The van der Waals surface area contributed by atoms with Gasteiger partial charge in [-0.3, -0.25) is 4.79 Å². The highest BCUT2D eigenvalue weighted by molar-refractivity contribution is 7.80. The van der Waals surface area contributed by atoms with Crippen LogP contribution in [0.15, 0.2) is 0 Å². The van der Waals surface area contributed by atoms with Gasteiger partial charge in [-0.25, -0.2) is 0 Å². The lowest BCUT2D eigenvalue weighted by atomic mass is 10.1. The summed E-state index contributed by atoms with van der Waals surface area (Å²) in [5.74, 6) is 0.863. The Morgan fingerprint density at radius 2 is 2.27 bits per heavy atom. The van der Waals surface area contributed by atoms with Crippen LogP contribution in [0, 0.1) is 11.3 Å². The van der Waals surface area contributed by atoms with E-state index in [4.69, 9.17) is 18.0 Å². The van der Waals surface area contributed by atoms with Gasteiger partial charge < -0.3 is 10.6 Å². The van der Waals surface area contributed by atoms with Gasteiger partial charge >= 0.3 is 0 Å². The number of nitrogens with zero attached hydrogens (tertiary/aromatic N) is 1. The molecule has 0 spiro atoms. The molecule has 2 rings (SSSR count). The number of rotatable bonds is 3. The molecule has 0 aromatic carbocycles. The van der Waals surface area contributed by atoms with Crippen molar-refractivity contribution in [3.63, 3.8) is 0 Å². The summed E-state index contributed by atoms with van der Waals surface area (Å²) in [7, 11) is 0. The van der Waals surface area contributed by atoms with Crippen molar-refractivity contribution < 1.29 is 4.79 Å². The maximum absolute atomic E-state index is 12.2. The second kappa shape index (κ2) is 3.74. The van der Waals surface area contributed by atoms with Crippen LogP contribution in [0.25, 0.3) is 0 Å². The highest BCUT2D eigenvalue weighted by atomic mass is 32.1. The Morgan fingerprint density at radius 1 is 1.60 bits per heavy atom. The number of carbonyl (C=O) groups is 1. The van der Waals surface area contributed by atoms with Crippen molar-refractivity contribution in [2.45, 2.75) is 32.6 Å². The Hall–Kier alpha value is -0.640. The van der Waals surface area contributed by atoms with Crippen LogP contribution in [-0.2, 0) is 4.79 Å². The summed E-state index contributed by atoms with van der Waals surface area (Å²) in [5, 5.41) is 0. The minimum atomic E-state index is -0.446. The summed E-state index contributed by atoms with van der Waals surface area (Å²) in [6.45, 7) is 3.97. The quantitative estimate of drug-likeness (QED) is 0.738. The van der Waals surface area contributed by atoms with Crippen molar-refractivity contribution in [1.82, 2.24) is 4.90 Å². The fraction of sp³-hybridized carbons (Fsp3) is 0.818. The lowest BCUT2D eigenvalue weighted by Gasteiger charge is -2.22. The summed E-state index contributed by atoms with van der Waals surface area (Å²) in [5.41, 5.74) is 5.21. The second-order valence-corrected chi connectivity index (χ2v) is 5.20. The maximum Gasteiger partial charge on any atom is 0.235 e. The topological polar surface area (TPSA) is 46.3 Å². The van der Waals surface area contributed by atoms with E-state index < -0.39 is 5.41 Å². The largest absolute Gasteiger partial charge is 0.392 e. The van der Waals surface area contributed by atoms with Crippen molar-refractivity contribution in [3.8, 4) is 0 Å². The standard InChI is InChI=1S/C11H18N2OS/c1-2-8-3-6-13(7-8)10(14)11(4-5-11)9(12)15/h8H,2-7H2,1H3,(H2,12,15). The summed E-state index contributed by atoms with van der Waals surface area (Å²) < 4.78 is 0. The summed E-state index contributed by atoms with van der Waals surface area (Å²) in [4.78, 5) is 14.5. The van der Waals surface area contributed by atoms with E-state index in [-0.39, 0.29) is 5.91 Å². The fourth-order valence-corrected chi connectivity index (χ4v) is 2.64. The minimum Gasteiger partial charge on any atom is -0.392 e. The van der Waals surface area contributed by atoms with Crippen LogP contribution in [-0.4, -0.2) is 28.9 Å². The van der Waals surface area contributed by atoms with Crippen LogP contribution < -0.4 is 5.73 Å². The third-order valence-electron chi connectivity index (χ3n) is 3.78. The van der Waals surface area contributed by atoms with Gasteiger partial charge in [-0.15, -0.1) is 0 Å². The Labute approximate surface area is 96.0 Å². The molecule has 2 aliphatic rings. The Balaban J connectivity index is 2.01. The van der Waals surface area contributed by atoms with Gasteiger partial charge in [0.2, 0.25) is 5.91 Å². The molecule has 1 aliphatic heterocycles. The molecule has 1 saturated heterocycles. The van der Waals surface area contributed by atoms with Crippen molar-refractivity contribution >= 4 is 23.1 Å². The summed E-state index contributed by atoms with van der Waals surface area (Å²) >= 11 is 4.99. The minimum absolute atomic E-state index is 0.186. The molecule has 4 heteroatoms. The predicted molar refractivity (Wildman–Crippen MR) is 63.4 cm³/mol. The van der Waals surface area contributed by atoms with Gasteiger partial charge in [0.05, 0.1) is 10.4 Å². The van der Waals surface area contributed by atoms with Gasteiger partial charge in [0.1, 0.15) is 0 Å². The highest BCUT2D eigenvalue weighted by Gasteiger charge is 2.54. The van der Waals surface area contributed by atoms with E-state index in [1.807, 2.05) is 4.90 Å². The number of nitrogens with two attached hydrogens (primary N) is 1. The van der Waals surface area contributed by atoms with Crippen LogP contribution in [0.3, 0.4) is 0 Å². The lowest BCUT2D eigenvalue weighted by Crippen LogP contribution is -2.41. The molecule has 0 aromatic rings. The normalized spacial score (nSPS) is 27.8. The molecule has 0 radical (unpaired) electrons. The number of hydrogen-bond donors (Lipinski definition) is 1. The number of amides is 1. The SMILES string of the molecule is CCC1CCN(C(=O)C2(C(N)=S)CC2)C1. The lowest BCUT2D eigenvalue weighted by molar-refractivity contribution is -0.133. The zero-order valence-corrected chi connectivity index (χ0v) is 9.98. The molecular weight excluding hydrogens is 208 g/mol. The predicted octanol–water partition coefficient (Wildman–Crippen LogP) is 1.31. The molecule has 1 unspecified atom stereocenters. The molecule has 3 nitrogen and oxygen atoms in total. The summed E-state index contributed by atoms with van der Waals surface area (Å²) in [6.07, 6.45) is 4.00. The van der Waals surface area contributed by atoms with E-state index in [9.17, 15) is 4.79 Å². The van der Waals surface area contributed by atoms with Crippen molar-refractivity contribution in [2.24, 2.45) is 17.1 Å². The molecule has 15 heavy (non-hydrogen) atoms. The first-order valence-corrected chi connectivity index (χ1v) is 6.10. The van der Waals surface area contributed by atoms with Crippen LogP contribution >= 0.6 is 12.2 Å². The number of hydrogen-bond acceptors (Lipinski definition) is 2. The monoisotopic (exact) mass is 226 g/mol. The molecule has 0 bridgehead atoms. The van der Waals surface area contributed by atoms with E-state index in [0.717, 1.165) is 38.8 Å². The van der Waals surface area contributed by atoms with Gasteiger partial charge in [-0.1, -0.05) is 25.6 Å². The highest BCUT2D eigenvalue weighted by Crippen LogP contribution is 2.48. The fourth-order valence-electron chi connectivity index (χ4n) is 2.34. The van der Waals surface area contributed by atoms with Crippen LogP contribution in [0.4, 0.5) is 0 Å². The van der Waals surface area contributed by atoms with E-state index >= 15 is 0 Å². The van der Waals surface area contributed by atoms with Crippen LogP contribution in [0.1, 0.15) is 32.6 Å². The van der Waals surface area contributed by atoms with Gasteiger partial charge in [0.25, 0.3) is 0 Å². The zero-order chi connectivity index (χ0) is 11.1. The second-order valence-electron chi connectivity index (χ2n) is 4.76. The van der Waals surface area contributed by atoms with E-state index in [1.54, 1.807) is 0 Å². The molecule has 1 saturated carbocycles. The molecule has 2 fully saturated rings. The first-order chi connectivity index (χ1) is 7.10. The third-order valence-corrected chi connectivity index (χ3v) is 4.17. The van der Waals surface area contributed by atoms with Crippen molar-refractivity contribution in [2.75, 3.05) is 13.1 Å². The van der Waals surface area contributed by atoms with Gasteiger partial charge in [0, 0.05) is 13.1 Å². The maximum atomic E-state index is 12.2. The van der Waals surface area contributed by atoms with Crippen molar-refractivity contribution in [3.05, 3.63) is 0 Å². The third kappa shape index (κ3) is 1.75. The molecule has 1 heterocycles. The Morgan fingerprint density at radius 3 is 2.67 bits per heavy atom. The zero-order valence-electron chi connectivity index (χ0n) is 9.16. The van der Waals surface area contributed by atoms with E-state index in [0.29, 0.717) is 10.9 Å². The molecule has 0 aromatic heterocycles. The van der Waals surface area contributed by atoms with Crippen LogP contribution in [0.2, 0.25) is 0 Å². The molecule has 84 valence electrons. The smallest absolute Gasteiger partial charge is 0.235 e. The number of likely N-dealkylation sites (tertiary alicyclic amines) is 1. The van der Waals surface area contributed by atoms with Crippen LogP contribution in [0.5, 0.6) is 0 Å². The van der Waals surface area contributed by atoms with Gasteiger partial charge in [-0.05, 0) is 25.2 Å². The number of thiocarbonyl (C=S) groups is 1. The first-order valence-electron chi connectivity index (χ1n) is 5.69. The Kier molecular flexibility index (Phi) is 2.71. The van der Waals surface area contributed by atoms with E-state index in [2.05, 4.69) is 6.92 Å². The number of carbonyl (C=O) groups excluding carboxylic acids is 1. The van der Waals surface area contributed by atoms with Gasteiger partial charge in [-0.2, -0.15) is 0 Å². The van der Waals surface area contributed by atoms with Crippen molar-refractivity contribution in [1.29, 1.82) is 0 Å². The van der Waals surface area contributed by atoms with E-state index in [1.165, 1.54) is 0 Å². The average Bonchev–Trinajstić information content (AvgIpc) is 2.89. The molecule has 1 atom stereocenters. The Bertz CT molecular complexity index is 299.